The van der Waals surface area contributed by atoms with E-state index in [1.165, 1.54) is 29.2 Å². The van der Waals surface area contributed by atoms with Crippen LogP contribution in [0.1, 0.15) is 44.0 Å². The smallest absolute Gasteiger partial charge is 0.410 e. The van der Waals surface area contributed by atoms with Gasteiger partial charge in [0, 0.05) is 38.1 Å². The number of hydrogen-bond donors (Lipinski definition) is 0. The molecular weight excluding hydrogens is 394 g/mol. The van der Waals surface area contributed by atoms with Crippen molar-refractivity contribution in [1.29, 1.82) is 0 Å². The molecule has 2 amide bonds. The van der Waals surface area contributed by atoms with E-state index < -0.39 is 28.7 Å². The van der Waals surface area contributed by atoms with Crippen molar-refractivity contribution in [3.8, 4) is 0 Å². The molecule has 2 aliphatic heterocycles. The number of nitro benzene ring substituents is 1. The number of benzene rings is 1. The SMILES string of the molecule is CC(C)(C)OC(=O)N1CCC(=O)N2C[C@@H](OC(=O)c3ccc([N+](=O)[O-])cc3)C[C@@H]2C1. The average Bonchev–Trinajstić information content (AvgIpc) is 2.98. The lowest BCUT2D eigenvalue weighted by atomic mass is 10.1. The van der Waals surface area contributed by atoms with Gasteiger partial charge < -0.3 is 19.3 Å². The van der Waals surface area contributed by atoms with E-state index >= 15 is 0 Å². The Morgan fingerprint density at radius 3 is 2.43 bits per heavy atom. The largest absolute Gasteiger partial charge is 0.457 e. The quantitative estimate of drug-likeness (QED) is 0.419. The van der Waals surface area contributed by atoms with E-state index in [9.17, 15) is 24.5 Å². The van der Waals surface area contributed by atoms with E-state index in [1.807, 2.05) is 0 Å². The molecule has 0 aliphatic carbocycles. The van der Waals surface area contributed by atoms with E-state index in [0.29, 0.717) is 13.0 Å². The van der Waals surface area contributed by atoms with E-state index in [1.54, 1.807) is 25.7 Å². The van der Waals surface area contributed by atoms with E-state index in [2.05, 4.69) is 0 Å². The van der Waals surface area contributed by atoms with Crippen LogP contribution in [-0.2, 0) is 14.3 Å². The van der Waals surface area contributed by atoms with Crippen molar-refractivity contribution in [3.63, 3.8) is 0 Å². The fraction of sp³-hybridized carbons (Fsp3) is 0.550. The summed E-state index contributed by atoms with van der Waals surface area (Å²) in [6, 6.07) is 4.89. The van der Waals surface area contributed by atoms with Crippen LogP contribution in [0.15, 0.2) is 24.3 Å². The van der Waals surface area contributed by atoms with Gasteiger partial charge in [-0.2, -0.15) is 0 Å². The molecule has 2 atom stereocenters. The van der Waals surface area contributed by atoms with Gasteiger partial charge in [0.15, 0.2) is 0 Å². The van der Waals surface area contributed by atoms with Crippen molar-refractivity contribution in [1.82, 2.24) is 9.80 Å². The van der Waals surface area contributed by atoms with Crippen LogP contribution >= 0.6 is 0 Å². The summed E-state index contributed by atoms with van der Waals surface area (Å²) in [6.07, 6.45) is -0.397. The van der Waals surface area contributed by atoms with Gasteiger partial charge in [-0.1, -0.05) is 0 Å². The Morgan fingerprint density at radius 2 is 1.83 bits per heavy atom. The first-order valence-electron chi connectivity index (χ1n) is 9.76. The summed E-state index contributed by atoms with van der Waals surface area (Å²) in [5, 5.41) is 10.7. The molecule has 1 aromatic carbocycles. The van der Waals surface area contributed by atoms with Crippen molar-refractivity contribution in [2.75, 3.05) is 19.6 Å². The number of esters is 1. The Kier molecular flexibility index (Phi) is 5.95. The van der Waals surface area contributed by atoms with Gasteiger partial charge in [0.05, 0.1) is 23.1 Å². The van der Waals surface area contributed by atoms with Crippen LogP contribution in [0.4, 0.5) is 10.5 Å². The number of nitrogens with zero attached hydrogens (tertiary/aromatic N) is 3. The second kappa shape index (κ2) is 8.29. The van der Waals surface area contributed by atoms with Crippen molar-refractivity contribution in [3.05, 3.63) is 39.9 Å². The molecule has 10 nitrogen and oxygen atoms in total. The Balaban J connectivity index is 1.63. The van der Waals surface area contributed by atoms with Crippen LogP contribution in [-0.4, -0.2) is 70.1 Å². The van der Waals surface area contributed by atoms with E-state index in [-0.39, 0.29) is 42.7 Å². The summed E-state index contributed by atoms with van der Waals surface area (Å²) in [6.45, 7) is 6.20. The highest BCUT2D eigenvalue weighted by atomic mass is 16.6. The molecule has 3 rings (SSSR count). The van der Waals surface area contributed by atoms with Gasteiger partial charge in [-0.05, 0) is 32.9 Å². The molecule has 0 N–H and O–H groups in total. The molecule has 2 aliphatic rings. The molecule has 0 spiro atoms. The number of nitro groups is 1. The maximum atomic E-state index is 12.5. The normalized spacial score (nSPS) is 21.6. The third kappa shape index (κ3) is 5.05. The molecule has 0 bridgehead atoms. The van der Waals surface area contributed by atoms with Crippen LogP contribution in [0.25, 0.3) is 0 Å². The summed E-state index contributed by atoms with van der Waals surface area (Å²) in [7, 11) is 0. The maximum Gasteiger partial charge on any atom is 0.410 e. The summed E-state index contributed by atoms with van der Waals surface area (Å²) in [5.41, 5.74) is -0.552. The fourth-order valence-corrected chi connectivity index (χ4v) is 3.59. The van der Waals surface area contributed by atoms with Crippen LogP contribution in [0.3, 0.4) is 0 Å². The first-order valence-corrected chi connectivity index (χ1v) is 9.76. The summed E-state index contributed by atoms with van der Waals surface area (Å²) >= 11 is 0. The molecule has 162 valence electrons. The lowest BCUT2D eigenvalue weighted by molar-refractivity contribution is -0.384. The molecule has 2 fully saturated rings. The second-order valence-electron chi connectivity index (χ2n) is 8.44. The minimum atomic E-state index is -0.633. The summed E-state index contributed by atoms with van der Waals surface area (Å²) in [5.74, 6) is -0.705. The van der Waals surface area contributed by atoms with Gasteiger partial charge in [0.25, 0.3) is 5.69 Å². The van der Waals surface area contributed by atoms with Gasteiger partial charge in [0.1, 0.15) is 11.7 Å². The number of rotatable bonds is 3. The number of hydrogen-bond acceptors (Lipinski definition) is 7. The van der Waals surface area contributed by atoms with Gasteiger partial charge in [0.2, 0.25) is 5.91 Å². The third-order valence-corrected chi connectivity index (χ3v) is 4.96. The zero-order valence-corrected chi connectivity index (χ0v) is 17.2. The Bertz CT molecular complexity index is 847. The molecule has 1 aromatic rings. The predicted molar refractivity (Wildman–Crippen MR) is 105 cm³/mol. The van der Waals surface area contributed by atoms with Crippen LogP contribution < -0.4 is 0 Å². The molecule has 0 radical (unpaired) electrons. The Labute approximate surface area is 173 Å². The number of amides is 2. The molecule has 0 saturated carbocycles. The van der Waals surface area contributed by atoms with Crippen LogP contribution in [0.2, 0.25) is 0 Å². The molecule has 0 aromatic heterocycles. The van der Waals surface area contributed by atoms with Crippen LogP contribution in [0.5, 0.6) is 0 Å². The second-order valence-corrected chi connectivity index (χ2v) is 8.44. The number of carbonyl (C=O) groups is 3. The zero-order chi connectivity index (χ0) is 22.1. The molecule has 0 unspecified atom stereocenters. The van der Waals surface area contributed by atoms with Crippen molar-refractivity contribution in [2.45, 2.75) is 51.4 Å². The maximum absolute atomic E-state index is 12.5. The zero-order valence-electron chi connectivity index (χ0n) is 17.2. The number of ether oxygens (including phenoxy) is 2. The standard InChI is InChI=1S/C20H25N3O7/c1-20(2,3)30-19(26)21-9-8-17(24)22-12-16(10-15(22)11-21)29-18(25)13-4-6-14(7-5-13)23(27)28/h4-7,15-16H,8-12H2,1-3H3/t15-,16+/m1/s1. The van der Waals surface area contributed by atoms with Crippen LogP contribution in [0, 0.1) is 10.1 Å². The predicted octanol–water partition coefficient (Wildman–Crippen LogP) is 2.36. The van der Waals surface area contributed by atoms with Gasteiger partial charge in [-0.25, -0.2) is 9.59 Å². The molecule has 10 heteroatoms. The Hall–Kier alpha value is -3.17. The lowest BCUT2D eigenvalue weighted by Gasteiger charge is -2.28. The van der Waals surface area contributed by atoms with Crippen molar-refractivity contribution < 1.29 is 28.8 Å². The minimum absolute atomic E-state index is 0.0973. The van der Waals surface area contributed by atoms with E-state index in [4.69, 9.17) is 9.47 Å². The lowest BCUT2D eigenvalue weighted by Crippen LogP contribution is -2.42. The highest BCUT2D eigenvalue weighted by molar-refractivity contribution is 5.90. The number of carbonyl (C=O) groups excluding carboxylic acids is 3. The van der Waals surface area contributed by atoms with Gasteiger partial charge in [-0.3, -0.25) is 14.9 Å². The average molecular weight is 419 g/mol. The summed E-state index contributed by atoms with van der Waals surface area (Å²) < 4.78 is 10.9. The molecule has 30 heavy (non-hydrogen) atoms. The van der Waals surface area contributed by atoms with Crippen molar-refractivity contribution in [2.24, 2.45) is 0 Å². The molecule has 2 heterocycles. The first kappa shape index (κ1) is 21.5. The van der Waals surface area contributed by atoms with Gasteiger partial charge >= 0.3 is 12.1 Å². The third-order valence-electron chi connectivity index (χ3n) is 4.96. The monoisotopic (exact) mass is 419 g/mol. The molecular formula is C20H25N3O7. The highest BCUT2D eigenvalue weighted by Gasteiger charge is 2.41. The van der Waals surface area contributed by atoms with E-state index in [0.717, 1.165) is 0 Å². The number of fused-ring (bicyclic) bond motifs is 1. The summed E-state index contributed by atoms with van der Waals surface area (Å²) in [4.78, 5) is 50.7. The molecule has 2 saturated heterocycles. The fourth-order valence-electron chi connectivity index (χ4n) is 3.59. The minimum Gasteiger partial charge on any atom is -0.457 e. The topological polar surface area (TPSA) is 119 Å². The number of non-ortho nitro benzene ring substituents is 1. The van der Waals surface area contributed by atoms with Crippen molar-refractivity contribution >= 4 is 23.7 Å². The highest BCUT2D eigenvalue weighted by Crippen LogP contribution is 2.26. The van der Waals surface area contributed by atoms with Gasteiger partial charge in [-0.15, -0.1) is 0 Å². The Morgan fingerprint density at radius 1 is 1.17 bits per heavy atom. The first-order chi connectivity index (χ1) is 14.0.